The van der Waals surface area contributed by atoms with Gasteiger partial charge in [-0.2, -0.15) is 5.26 Å². The van der Waals surface area contributed by atoms with E-state index in [9.17, 15) is 10.1 Å². The first kappa shape index (κ1) is 13.3. The second kappa shape index (κ2) is 5.65. The highest BCUT2D eigenvalue weighted by Gasteiger charge is 2.27. The molecule has 1 saturated heterocycles. The number of nitro groups is 1. The predicted molar refractivity (Wildman–Crippen MR) is 66.9 cm³/mol. The number of nitriles is 1. The summed E-state index contributed by atoms with van der Waals surface area (Å²) in [7, 11) is 0. The second-order valence-electron chi connectivity index (χ2n) is 4.16. The molecule has 1 unspecified atom stereocenters. The third-order valence-corrected chi connectivity index (χ3v) is 3.00. The quantitative estimate of drug-likeness (QED) is 0.635. The van der Waals surface area contributed by atoms with E-state index in [0.717, 1.165) is 0 Å². The van der Waals surface area contributed by atoms with Crippen LogP contribution in [0, 0.1) is 21.4 Å². The van der Waals surface area contributed by atoms with Gasteiger partial charge in [-0.3, -0.25) is 10.1 Å². The van der Waals surface area contributed by atoms with E-state index in [1.165, 1.54) is 6.07 Å². The number of morpholine rings is 1. The fraction of sp³-hybridized carbons (Fsp3) is 0.417. The Balaban J connectivity index is 2.39. The van der Waals surface area contributed by atoms with Crippen molar-refractivity contribution in [2.75, 3.05) is 31.2 Å². The van der Waals surface area contributed by atoms with Crippen LogP contribution >= 0.6 is 0 Å². The number of ether oxygens (including phenoxy) is 1. The Morgan fingerprint density at radius 2 is 2.42 bits per heavy atom. The molecule has 0 aromatic heterocycles. The first-order valence-corrected chi connectivity index (χ1v) is 5.82. The molecule has 1 atom stereocenters. The van der Waals surface area contributed by atoms with Crippen molar-refractivity contribution in [1.29, 1.82) is 5.26 Å². The molecule has 2 rings (SSSR count). The lowest BCUT2D eigenvalue weighted by Crippen LogP contribution is -2.44. The predicted octanol–water partition coefficient (Wildman–Crippen LogP) is 0.664. The molecule has 1 aliphatic heterocycles. The van der Waals surface area contributed by atoms with Crippen molar-refractivity contribution in [1.82, 2.24) is 0 Å². The van der Waals surface area contributed by atoms with Crippen LogP contribution in [0.25, 0.3) is 0 Å². The van der Waals surface area contributed by atoms with Crippen LogP contribution in [0.15, 0.2) is 18.2 Å². The highest BCUT2D eigenvalue weighted by molar-refractivity contribution is 5.70. The van der Waals surface area contributed by atoms with Crippen LogP contribution in [0.3, 0.4) is 0 Å². The van der Waals surface area contributed by atoms with Gasteiger partial charge in [0.2, 0.25) is 0 Å². The van der Waals surface area contributed by atoms with Crippen LogP contribution < -0.4 is 4.90 Å². The fourth-order valence-corrected chi connectivity index (χ4v) is 2.12. The number of para-hydroxylation sites is 1. The fourth-order valence-electron chi connectivity index (χ4n) is 2.12. The first-order valence-electron chi connectivity index (χ1n) is 5.82. The van der Waals surface area contributed by atoms with Gasteiger partial charge < -0.3 is 14.7 Å². The summed E-state index contributed by atoms with van der Waals surface area (Å²) in [6, 6.07) is 6.48. The molecule has 0 radical (unpaired) electrons. The SMILES string of the molecule is N#Cc1cccc(N2CCOC(CO)C2)c1[N+](=O)[O-]. The minimum absolute atomic E-state index is 0.0366. The largest absolute Gasteiger partial charge is 0.394 e. The molecule has 1 aliphatic rings. The highest BCUT2D eigenvalue weighted by atomic mass is 16.6. The summed E-state index contributed by atoms with van der Waals surface area (Å²) in [5, 5.41) is 29.2. The molecule has 0 bridgehead atoms. The topological polar surface area (TPSA) is 99.6 Å². The molecular weight excluding hydrogens is 250 g/mol. The van der Waals surface area contributed by atoms with Gasteiger partial charge in [-0.15, -0.1) is 0 Å². The number of benzene rings is 1. The van der Waals surface area contributed by atoms with Crippen molar-refractivity contribution in [3.63, 3.8) is 0 Å². The van der Waals surface area contributed by atoms with E-state index in [1.807, 2.05) is 6.07 Å². The number of anilines is 1. The van der Waals surface area contributed by atoms with Crippen LogP contribution in [0.2, 0.25) is 0 Å². The monoisotopic (exact) mass is 263 g/mol. The van der Waals surface area contributed by atoms with Crippen molar-refractivity contribution in [2.45, 2.75) is 6.10 Å². The summed E-state index contributed by atoms with van der Waals surface area (Å²) < 4.78 is 5.31. The zero-order valence-corrected chi connectivity index (χ0v) is 10.2. The average molecular weight is 263 g/mol. The van der Waals surface area contributed by atoms with Gasteiger partial charge in [0.15, 0.2) is 0 Å². The molecule has 0 spiro atoms. The summed E-state index contributed by atoms with van der Waals surface area (Å²) in [5.41, 5.74) is 0.240. The van der Waals surface area contributed by atoms with Gasteiger partial charge in [-0.05, 0) is 12.1 Å². The minimum Gasteiger partial charge on any atom is -0.394 e. The van der Waals surface area contributed by atoms with Gasteiger partial charge in [-0.25, -0.2) is 0 Å². The number of aliphatic hydroxyl groups is 1. The smallest absolute Gasteiger partial charge is 0.310 e. The Hall–Kier alpha value is -2.17. The van der Waals surface area contributed by atoms with Gasteiger partial charge in [0.1, 0.15) is 17.3 Å². The summed E-state index contributed by atoms with van der Waals surface area (Å²) in [4.78, 5) is 12.4. The van der Waals surface area contributed by atoms with Crippen molar-refractivity contribution in [3.8, 4) is 6.07 Å². The third kappa shape index (κ3) is 2.65. The lowest BCUT2D eigenvalue weighted by Gasteiger charge is -2.33. The molecule has 1 fully saturated rings. The van der Waals surface area contributed by atoms with Crippen LogP contribution in [0.5, 0.6) is 0 Å². The van der Waals surface area contributed by atoms with Crippen molar-refractivity contribution in [3.05, 3.63) is 33.9 Å². The van der Waals surface area contributed by atoms with E-state index >= 15 is 0 Å². The van der Waals surface area contributed by atoms with E-state index in [4.69, 9.17) is 15.1 Å². The van der Waals surface area contributed by atoms with Crippen LogP contribution in [-0.2, 0) is 4.74 Å². The van der Waals surface area contributed by atoms with Gasteiger partial charge >= 0.3 is 5.69 Å². The Labute approximate surface area is 109 Å². The van der Waals surface area contributed by atoms with E-state index in [-0.39, 0.29) is 24.0 Å². The first-order chi connectivity index (χ1) is 9.17. The van der Waals surface area contributed by atoms with E-state index in [2.05, 4.69) is 0 Å². The molecular formula is C12H13N3O4. The molecule has 100 valence electrons. The number of nitro benzene ring substituents is 1. The van der Waals surface area contributed by atoms with Crippen molar-refractivity contribution in [2.24, 2.45) is 0 Å². The van der Waals surface area contributed by atoms with Gasteiger partial charge in [0.25, 0.3) is 0 Å². The maximum absolute atomic E-state index is 11.1. The highest BCUT2D eigenvalue weighted by Crippen LogP contribution is 2.32. The molecule has 0 amide bonds. The van der Waals surface area contributed by atoms with Crippen LogP contribution in [0.4, 0.5) is 11.4 Å². The lowest BCUT2D eigenvalue weighted by molar-refractivity contribution is -0.384. The van der Waals surface area contributed by atoms with Crippen molar-refractivity contribution < 1.29 is 14.8 Å². The Morgan fingerprint density at radius 3 is 3.05 bits per heavy atom. The number of aliphatic hydroxyl groups excluding tert-OH is 1. The zero-order valence-electron chi connectivity index (χ0n) is 10.2. The van der Waals surface area contributed by atoms with Crippen molar-refractivity contribution >= 4 is 11.4 Å². The average Bonchev–Trinajstić information content (AvgIpc) is 2.46. The van der Waals surface area contributed by atoms with E-state index in [1.54, 1.807) is 17.0 Å². The summed E-state index contributed by atoms with van der Waals surface area (Å²) in [6.45, 7) is 1.11. The molecule has 1 N–H and O–H groups in total. The third-order valence-electron chi connectivity index (χ3n) is 3.00. The summed E-state index contributed by atoms with van der Waals surface area (Å²) >= 11 is 0. The Morgan fingerprint density at radius 1 is 1.63 bits per heavy atom. The van der Waals surface area contributed by atoms with E-state index in [0.29, 0.717) is 25.4 Å². The molecule has 0 aliphatic carbocycles. The number of hydrogen-bond donors (Lipinski definition) is 1. The maximum atomic E-state index is 11.1. The number of hydrogen-bond acceptors (Lipinski definition) is 6. The number of nitrogens with zero attached hydrogens (tertiary/aromatic N) is 3. The molecule has 19 heavy (non-hydrogen) atoms. The summed E-state index contributed by atoms with van der Waals surface area (Å²) in [5.74, 6) is 0. The molecule has 7 nitrogen and oxygen atoms in total. The molecule has 7 heteroatoms. The Bertz CT molecular complexity index is 526. The molecule has 1 heterocycles. The minimum atomic E-state index is -0.544. The lowest BCUT2D eigenvalue weighted by atomic mass is 10.1. The maximum Gasteiger partial charge on any atom is 0.310 e. The van der Waals surface area contributed by atoms with Gasteiger partial charge in [-0.1, -0.05) is 6.07 Å². The second-order valence-corrected chi connectivity index (χ2v) is 4.16. The molecule has 1 aromatic carbocycles. The van der Waals surface area contributed by atoms with E-state index < -0.39 is 4.92 Å². The molecule has 1 aromatic rings. The normalized spacial score (nSPS) is 18.9. The van der Waals surface area contributed by atoms with Gasteiger partial charge in [0.05, 0.1) is 24.2 Å². The van der Waals surface area contributed by atoms with Gasteiger partial charge in [0, 0.05) is 13.1 Å². The Kier molecular flexibility index (Phi) is 3.94. The van der Waals surface area contributed by atoms with Crippen LogP contribution in [-0.4, -0.2) is 42.4 Å². The standard InChI is InChI=1S/C12H13N3O4/c13-6-9-2-1-3-11(12(9)15(17)18)14-4-5-19-10(7-14)8-16/h1-3,10,16H,4-5,7-8H2. The van der Waals surface area contributed by atoms with Crippen LogP contribution in [0.1, 0.15) is 5.56 Å². The summed E-state index contributed by atoms with van der Waals surface area (Å²) in [6.07, 6.45) is -0.362. The number of rotatable bonds is 3. The molecule has 0 saturated carbocycles. The zero-order chi connectivity index (χ0) is 13.8.